The molecule has 1 aromatic carbocycles. The number of fused-ring (bicyclic) bond motifs is 1. The number of nitrogens with one attached hydrogen (secondary N) is 1. The Bertz CT molecular complexity index is 975. The van der Waals surface area contributed by atoms with Crippen molar-refractivity contribution in [3.05, 3.63) is 65.1 Å². The molecule has 0 saturated carbocycles. The summed E-state index contributed by atoms with van der Waals surface area (Å²) >= 11 is 2.02. The number of amides is 1. The second-order valence-electron chi connectivity index (χ2n) is 6.95. The molecule has 140 valence electrons. The van der Waals surface area contributed by atoms with Crippen LogP contribution in [0.4, 0.5) is 5.69 Å². The molecule has 1 fully saturated rings. The summed E-state index contributed by atoms with van der Waals surface area (Å²) in [4.78, 5) is 19.7. The zero-order valence-electron chi connectivity index (χ0n) is 15.7. The third-order valence-electron chi connectivity index (χ3n) is 5.12. The molecule has 1 saturated heterocycles. The van der Waals surface area contributed by atoms with Gasteiger partial charge in [0.15, 0.2) is 0 Å². The number of thioether (sulfide) groups is 1. The van der Waals surface area contributed by atoms with Gasteiger partial charge in [0.1, 0.15) is 11.3 Å². The summed E-state index contributed by atoms with van der Waals surface area (Å²) in [6.07, 6.45) is 1.80. The van der Waals surface area contributed by atoms with Crippen molar-refractivity contribution in [3.63, 3.8) is 0 Å². The van der Waals surface area contributed by atoms with Crippen LogP contribution in [0.5, 0.6) is 0 Å². The van der Waals surface area contributed by atoms with Crippen LogP contribution in [0.3, 0.4) is 0 Å². The maximum atomic E-state index is 12.7. The average Bonchev–Trinajstić information content (AvgIpc) is 3.12. The fourth-order valence-electron chi connectivity index (χ4n) is 3.43. The summed E-state index contributed by atoms with van der Waals surface area (Å²) in [5.74, 6) is 2.22. The number of nitrogens with zero attached hydrogens (tertiary/aromatic N) is 3. The average molecular weight is 381 g/mol. The molecule has 0 spiro atoms. The van der Waals surface area contributed by atoms with Gasteiger partial charge in [-0.15, -0.1) is 0 Å². The van der Waals surface area contributed by atoms with Gasteiger partial charge < -0.3 is 9.72 Å². The number of aromatic nitrogens is 2. The second-order valence-corrected chi connectivity index (χ2v) is 8.18. The summed E-state index contributed by atoms with van der Waals surface area (Å²) < 4.78 is 1.94. The Morgan fingerprint density at radius 3 is 2.70 bits per heavy atom. The smallest absolute Gasteiger partial charge is 0.275 e. The van der Waals surface area contributed by atoms with Gasteiger partial charge in [0.05, 0.1) is 0 Å². The van der Waals surface area contributed by atoms with Crippen LogP contribution in [0.1, 0.15) is 27.3 Å². The second kappa shape index (κ2) is 7.74. The van der Waals surface area contributed by atoms with E-state index in [0.717, 1.165) is 42.2 Å². The molecule has 0 unspecified atom stereocenters. The van der Waals surface area contributed by atoms with E-state index in [4.69, 9.17) is 0 Å². The molecule has 0 bridgehead atoms. The molecule has 5 nitrogen and oxygen atoms in total. The predicted molar refractivity (Wildman–Crippen MR) is 112 cm³/mol. The van der Waals surface area contributed by atoms with Gasteiger partial charge in [0, 0.05) is 48.7 Å². The van der Waals surface area contributed by atoms with Crippen LogP contribution in [0, 0.1) is 13.8 Å². The fourth-order valence-corrected chi connectivity index (χ4v) is 4.41. The first-order valence-electron chi connectivity index (χ1n) is 9.26. The number of hydrogen-bond acceptors (Lipinski definition) is 4. The molecule has 0 atom stereocenters. The molecule has 1 amide bonds. The first-order chi connectivity index (χ1) is 13.1. The van der Waals surface area contributed by atoms with E-state index in [-0.39, 0.29) is 5.91 Å². The number of imidazole rings is 1. The molecule has 2 aromatic heterocycles. The third-order valence-corrected chi connectivity index (χ3v) is 6.06. The lowest BCUT2D eigenvalue weighted by Gasteiger charge is -2.27. The number of carbonyl (C=O) groups is 1. The standard InChI is InChI=1S/C21H24N4OS/c1-15-5-3-8-20-22-19(14-25(15)20)21(26)23-18-7-4-6-17(16(18)2)13-24-9-11-27-12-10-24/h3-8,14H,9-13H2,1-2H3,(H,23,26). The van der Waals surface area contributed by atoms with Crippen molar-refractivity contribution in [1.29, 1.82) is 0 Å². The van der Waals surface area contributed by atoms with Crippen molar-refractivity contribution in [3.8, 4) is 0 Å². The van der Waals surface area contributed by atoms with Crippen molar-refractivity contribution in [2.75, 3.05) is 29.9 Å². The van der Waals surface area contributed by atoms with Gasteiger partial charge in [-0.25, -0.2) is 4.98 Å². The van der Waals surface area contributed by atoms with Crippen molar-refractivity contribution in [2.24, 2.45) is 0 Å². The summed E-state index contributed by atoms with van der Waals surface area (Å²) in [5.41, 5.74) is 5.53. The lowest BCUT2D eigenvalue weighted by atomic mass is 10.1. The normalized spacial score (nSPS) is 15.2. The van der Waals surface area contributed by atoms with Crippen molar-refractivity contribution >= 4 is 29.0 Å². The monoisotopic (exact) mass is 380 g/mol. The summed E-state index contributed by atoms with van der Waals surface area (Å²) in [5, 5.41) is 3.05. The quantitative estimate of drug-likeness (QED) is 0.749. The Balaban J connectivity index is 1.53. The topological polar surface area (TPSA) is 49.6 Å². The van der Waals surface area contributed by atoms with Crippen LogP contribution in [-0.4, -0.2) is 44.8 Å². The number of anilines is 1. The summed E-state index contributed by atoms with van der Waals surface area (Å²) in [6, 6.07) is 12.0. The SMILES string of the molecule is Cc1c(CN2CCSCC2)cccc1NC(=O)c1cn2c(C)cccc2n1. The van der Waals surface area contributed by atoms with Gasteiger partial charge in [-0.1, -0.05) is 18.2 Å². The lowest BCUT2D eigenvalue weighted by Crippen LogP contribution is -2.32. The molecule has 6 heteroatoms. The Morgan fingerprint density at radius 2 is 1.93 bits per heavy atom. The van der Waals surface area contributed by atoms with E-state index in [1.165, 1.54) is 17.1 Å². The number of rotatable bonds is 4. The molecular weight excluding hydrogens is 356 g/mol. The van der Waals surface area contributed by atoms with Crippen LogP contribution in [0.25, 0.3) is 5.65 Å². The van der Waals surface area contributed by atoms with Crippen LogP contribution in [0.2, 0.25) is 0 Å². The Kier molecular flexibility index (Phi) is 5.18. The van der Waals surface area contributed by atoms with Crippen LogP contribution < -0.4 is 5.32 Å². The molecule has 4 rings (SSSR count). The van der Waals surface area contributed by atoms with Gasteiger partial charge in [0.25, 0.3) is 5.91 Å². The molecule has 1 aliphatic heterocycles. The van der Waals surface area contributed by atoms with Crippen molar-refractivity contribution < 1.29 is 4.79 Å². The fraction of sp³-hybridized carbons (Fsp3) is 0.333. The molecule has 0 radical (unpaired) electrons. The van der Waals surface area contributed by atoms with E-state index in [2.05, 4.69) is 28.2 Å². The number of aryl methyl sites for hydroxylation is 1. The minimum atomic E-state index is -0.173. The largest absolute Gasteiger partial charge is 0.320 e. The van der Waals surface area contributed by atoms with Gasteiger partial charge in [0.2, 0.25) is 0 Å². The molecule has 1 aliphatic rings. The number of carbonyl (C=O) groups excluding carboxylic acids is 1. The van der Waals surface area contributed by atoms with Gasteiger partial charge in [-0.2, -0.15) is 11.8 Å². The minimum absolute atomic E-state index is 0.173. The van der Waals surface area contributed by atoms with E-state index >= 15 is 0 Å². The van der Waals surface area contributed by atoms with Crippen LogP contribution in [0.15, 0.2) is 42.6 Å². The molecule has 1 N–H and O–H groups in total. The van der Waals surface area contributed by atoms with Crippen molar-refractivity contribution in [1.82, 2.24) is 14.3 Å². The van der Waals surface area contributed by atoms with Gasteiger partial charge >= 0.3 is 0 Å². The van der Waals surface area contributed by atoms with Crippen LogP contribution in [-0.2, 0) is 6.54 Å². The van der Waals surface area contributed by atoms with Crippen molar-refractivity contribution in [2.45, 2.75) is 20.4 Å². The molecular formula is C21H24N4OS. The van der Waals surface area contributed by atoms with E-state index in [9.17, 15) is 4.79 Å². The zero-order valence-corrected chi connectivity index (χ0v) is 16.6. The summed E-state index contributed by atoms with van der Waals surface area (Å²) in [7, 11) is 0. The Morgan fingerprint density at radius 1 is 1.15 bits per heavy atom. The maximum Gasteiger partial charge on any atom is 0.275 e. The Labute approximate surface area is 163 Å². The first kappa shape index (κ1) is 18.1. The Hall–Kier alpha value is -2.31. The van der Waals surface area contributed by atoms with E-state index in [1.807, 2.05) is 53.4 Å². The first-order valence-corrected chi connectivity index (χ1v) is 10.4. The number of benzene rings is 1. The molecule has 3 aromatic rings. The zero-order chi connectivity index (χ0) is 18.8. The minimum Gasteiger partial charge on any atom is -0.320 e. The molecule has 3 heterocycles. The molecule has 0 aliphatic carbocycles. The predicted octanol–water partition coefficient (Wildman–Crippen LogP) is 3.75. The van der Waals surface area contributed by atoms with Crippen LogP contribution >= 0.6 is 11.8 Å². The highest BCUT2D eigenvalue weighted by Crippen LogP contribution is 2.22. The summed E-state index contributed by atoms with van der Waals surface area (Å²) in [6.45, 7) is 7.27. The highest BCUT2D eigenvalue weighted by Gasteiger charge is 2.16. The number of pyridine rings is 1. The van der Waals surface area contributed by atoms with E-state index in [1.54, 1.807) is 6.20 Å². The van der Waals surface area contributed by atoms with Gasteiger partial charge in [-0.3, -0.25) is 9.69 Å². The maximum absolute atomic E-state index is 12.7. The van der Waals surface area contributed by atoms with E-state index in [0.29, 0.717) is 5.69 Å². The number of hydrogen-bond donors (Lipinski definition) is 1. The van der Waals surface area contributed by atoms with Gasteiger partial charge in [-0.05, 0) is 43.2 Å². The molecule has 27 heavy (non-hydrogen) atoms. The third kappa shape index (κ3) is 3.87. The highest BCUT2D eigenvalue weighted by atomic mass is 32.2. The lowest BCUT2D eigenvalue weighted by molar-refractivity contribution is 0.102. The van der Waals surface area contributed by atoms with E-state index < -0.39 is 0 Å². The highest BCUT2D eigenvalue weighted by molar-refractivity contribution is 7.99.